The minimum Gasteiger partial charge on any atom is -0.497 e. The lowest BCUT2D eigenvalue weighted by Gasteiger charge is -2.27. The Morgan fingerprint density at radius 2 is 1.67 bits per heavy atom. The smallest absolute Gasteiger partial charge is 0.118 e. The first-order valence-corrected chi connectivity index (χ1v) is 10.8. The third kappa shape index (κ3) is 3.87. The summed E-state index contributed by atoms with van der Waals surface area (Å²) in [6.07, 6.45) is 3.84. The summed E-state index contributed by atoms with van der Waals surface area (Å²) in [5.41, 5.74) is 4.10. The van der Waals surface area contributed by atoms with Gasteiger partial charge in [0.05, 0.1) is 13.7 Å². The van der Waals surface area contributed by atoms with E-state index in [1.165, 1.54) is 36.3 Å². The third-order valence-electron chi connectivity index (χ3n) is 6.76. The summed E-state index contributed by atoms with van der Waals surface area (Å²) in [6.45, 7) is 5.41. The van der Waals surface area contributed by atoms with Crippen LogP contribution in [0.2, 0.25) is 0 Å². The Kier molecular flexibility index (Phi) is 5.32. The minimum atomic E-state index is 0.502. The number of benzene rings is 2. The number of methoxy groups -OCH3 is 1. The van der Waals surface area contributed by atoms with E-state index in [-0.39, 0.29) is 0 Å². The molecular formula is C25H30N4O. The Balaban J connectivity index is 1.23. The summed E-state index contributed by atoms with van der Waals surface area (Å²) < 4.78 is 7.30. The first kappa shape index (κ1) is 19.3. The monoisotopic (exact) mass is 402 g/mol. The van der Waals surface area contributed by atoms with Crippen LogP contribution in [0.4, 0.5) is 0 Å². The molecule has 3 atom stereocenters. The van der Waals surface area contributed by atoms with Crippen molar-refractivity contribution in [1.29, 1.82) is 0 Å². The minimum absolute atomic E-state index is 0.502. The number of nitrogens with zero attached hydrogens (tertiary/aromatic N) is 4. The Morgan fingerprint density at radius 3 is 2.33 bits per heavy atom. The molecule has 2 aliphatic heterocycles. The van der Waals surface area contributed by atoms with E-state index in [4.69, 9.17) is 4.74 Å². The summed E-state index contributed by atoms with van der Waals surface area (Å²) in [6, 6.07) is 20.2. The number of likely N-dealkylation sites (tertiary alicyclic amines) is 2. The molecule has 5 nitrogen and oxygen atoms in total. The van der Waals surface area contributed by atoms with Gasteiger partial charge in [-0.15, -0.1) is 0 Å². The van der Waals surface area contributed by atoms with Gasteiger partial charge in [-0.3, -0.25) is 14.5 Å². The van der Waals surface area contributed by atoms with Gasteiger partial charge in [-0.2, -0.15) is 5.10 Å². The molecule has 0 spiro atoms. The van der Waals surface area contributed by atoms with Crippen LogP contribution in [0.3, 0.4) is 0 Å². The van der Waals surface area contributed by atoms with Crippen LogP contribution in [0.25, 0.3) is 0 Å². The number of hydrogen-bond acceptors (Lipinski definition) is 4. The molecule has 0 N–H and O–H groups in total. The van der Waals surface area contributed by atoms with Crippen molar-refractivity contribution in [2.24, 2.45) is 11.8 Å². The SMILES string of the molecule is COc1ccc([C@H]2[C@@H]3CN(Cc4ccc(Cn5cccn5)cc4)C[C@@H]3CN2C)cc1. The summed E-state index contributed by atoms with van der Waals surface area (Å²) in [7, 11) is 4.00. The van der Waals surface area contributed by atoms with E-state index in [1.807, 2.05) is 23.1 Å². The second-order valence-corrected chi connectivity index (χ2v) is 8.80. The Bertz CT molecular complexity index is 952. The van der Waals surface area contributed by atoms with Gasteiger partial charge < -0.3 is 4.74 Å². The van der Waals surface area contributed by atoms with Gasteiger partial charge in [0.1, 0.15) is 5.75 Å². The first-order valence-electron chi connectivity index (χ1n) is 10.8. The van der Waals surface area contributed by atoms with Crippen molar-refractivity contribution in [3.05, 3.63) is 83.7 Å². The van der Waals surface area contributed by atoms with Crippen molar-refractivity contribution < 1.29 is 4.74 Å². The van der Waals surface area contributed by atoms with E-state index in [0.717, 1.165) is 24.8 Å². The molecule has 0 aliphatic carbocycles. The van der Waals surface area contributed by atoms with Crippen molar-refractivity contribution >= 4 is 0 Å². The molecule has 3 heterocycles. The van der Waals surface area contributed by atoms with Gasteiger partial charge in [0.2, 0.25) is 0 Å². The topological polar surface area (TPSA) is 33.5 Å². The molecule has 5 heteroatoms. The fourth-order valence-electron chi connectivity index (χ4n) is 5.37. The highest BCUT2D eigenvalue weighted by Gasteiger charge is 2.45. The van der Waals surface area contributed by atoms with E-state index in [2.05, 4.69) is 70.5 Å². The van der Waals surface area contributed by atoms with E-state index in [9.17, 15) is 0 Å². The number of hydrogen-bond donors (Lipinski definition) is 0. The normalized spacial score (nSPS) is 24.3. The fraction of sp³-hybridized carbons (Fsp3) is 0.400. The highest BCUT2D eigenvalue weighted by Crippen LogP contribution is 2.44. The van der Waals surface area contributed by atoms with E-state index in [0.29, 0.717) is 12.0 Å². The molecule has 3 aromatic rings. The fourth-order valence-corrected chi connectivity index (χ4v) is 5.37. The van der Waals surface area contributed by atoms with E-state index >= 15 is 0 Å². The summed E-state index contributed by atoms with van der Waals surface area (Å²) in [5, 5.41) is 4.29. The average molecular weight is 403 g/mol. The van der Waals surface area contributed by atoms with E-state index in [1.54, 1.807) is 7.11 Å². The van der Waals surface area contributed by atoms with Gasteiger partial charge in [0.15, 0.2) is 0 Å². The largest absolute Gasteiger partial charge is 0.497 e. The highest BCUT2D eigenvalue weighted by molar-refractivity contribution is 5.31. The van der Waals surface area contributed by atoms with Crippen molar-refractivity contribution in [3.8, 4) is 5.75 Å². The number of rotatable bonds is 6. The quantitative estimate of drug-likeness (QED) is 0.630. The Morgan fingerprint density at radius 1 is 0.933 bits per heavy atom. The van der Waals surface area contributed by atoms with Crippen molar-refractivity contribution in [1.82, 2.24) is 19.6 Å². The third-order valence-corrected chi connectivity index (χ3v) is 6.76. The van der Waals surface area contributed by atoms with Crippen LogP contribution < -0.4 is 4.74 Å². The zero-order valence-electron chi connectivity index (χ0n) is 17.8. The summed E-state index contributed by atoms with van der Waals surface area (Å²) in [5.74, 6) is 2.38. The predicted molar refractivity (Wildman–Crippen MR) is 118 cm³/mol. The molecule has 0 saturated carbocycles. The van der Waals surface area contributed by atoms with Crippen LogP contribution >= 0.6 is 0 Å². The van der Waals surface area contributed by atoms with Crippen LogP contribution in [0.5, 0.6) is 5.75 Å². The number of aromatic nitrogens is 2. The maximum atomic E-state index is 5.34. The van der Waals surface area contributed by atoms with Crippen LogP contribution in [-0.4, -0.2) is 53.4 Å². The molecule has 2 aromatic carbocycles. The lowest BCUT2D eigenvalue weighted by Crippen LogP contribution is -2.28. The molecule has 30 heavy (non-hydrogen) atoms. The Labute approximate surface area is 178 Å². The Hall–Kier alpha value is -2.63. The zero-order valence-corrected chi connectivity index (χ0v) is 17.8. The molecule has 0 radical (unpaired) electrons. The number of ether oxygens (including phenoxy) is 1. The van der Waals surface area contributed by atoms with Crippen molar-refractivity contribution in [2.75, 3.05) is 33.8 Å². The molecule has 2 aliphatic rings. The van der Waals surface area contributed by atoms with Crippen molar-refractivity contribution in [2.45, 2.75) is 19.1 Å². The van der Waals surface area contributed by atoms with E-state index < -0.39 is 0 Å². The molecule has 1 aromatic heterocycles. The van der Waals surface area contributed by atoms with Gasteiger partial charge >= 0.3 is 0 Å². The average Bonchev–Trinajstić information content (AvgIpc) is 3.46. The van der Waals surface area contributed by atoms with Gasteiger partial charge in [-0.25, -0.2) is 0 Å². The zero-order chi connectivity index (χ0) is 20.5. The molecular weight excluding hydrogens is 372 g/mol. The second kappa shape index (κ2) is 8.25. The summed E-state index contributed by atoms with van der Waals surface area (Å²) >= 11 is 0. The molecule has 156 valence electrons. The summed E-state index contributed by atoms with van der Waals surface area (Å²) in [4.78, 5) is 5.18. The van der Waals surface area contributed by atoms with Crippen LogP contribution in [0.15, 0.2) is 67.0 Å². The van der Waals surface area contributed by atoms with Gasteiger partial charge in [0.25, 0.3) is 0 Å². The molecule has 0 amide bonds. The molecule has 0 bridgehead atoms. The van der Waals surface area contributed by atoms with Gasteiger partial charge in [-0.1, -0.05) is 36.4 Å². The predicted octanol–water partition coefficient (Wildman–Crippen LogP) is 3.67. The lowest BCUT2D eigenvalue weighted by molar-refractivity contribution is 0.224. The van der Waals surface area contributed by atoms with Crippen LogP contribution in [0, 0.1) is 11.8 Å². The molecule has 0 unspecified atom stereocenters. The van der Waals surface area contributed by atoms with Gasteiger partial charge in [-0.05, 0) is 53.8 Å². The maximum absolute atomic E-state index is 5.34. The number of fused-ring (bicyclic) bond motifs is 1. The molecule has 2 saturated heterocycles. The van der Waals surface area contributed by atoms with Crippen molar-refractivity contribution in [3.63, 3.8) is 0 Å². The maximum Gasteiger partial charge on any atom is 0.118 e. The van der Waals surface area contributed by atoms with Crippen LogP contribution in [-0.2, 0) is 13.1 Å². The lowest BCUT2D eigenvalue weighted by atomic mass is 9.89. The standard InChI is InChI=1S/C25H30N4O/c1-27-16-22-17-28(18-24(22)25(27)21-8-10-23(30-2)11-9-21)14-19-4-6-20(7-5-19)15-29-13-3-12-26-29/h3-13,22,24-25H,14-18H2,1-2H3/t22-,24+,25-/m0/s1. The second-order valence-electron chi connectivity index (χ2n) is 8.80. The first-order chi connectivity index (χ1) is 14.7. The van der Waals surface area contributed by atoms with Crippen LogP contribution in [0.1, 0.15) is 22.7 Å². The van der Waals surface area contributed by atoms with Gasteiger partial charge in [0, 0.05) is 44.6 Å². The molecule has 2 fully saturated rings. The highest BCUT2D eigenvalue weighted by atomic mass is 16.5. The molecule has 5 rings (SSSR count).